The number of Topliss-reactive ketones (excluding diaryl/α,β-unsaturated/α-hetero) is 1. The lowest BCUT2D eigenvalue weighted by molar-refractivity contribution is -0.140. The van der Waals surface area contributed by atoms with Crippen LogP contribution in [-0.4, -0.2) is 24.8 Å². The van der Waals surface area contributed by atoms with E-state index in [9.17, 15) is 9.59 Å². The van der Waals surface area contributed by atoms with Gasteiger partial charge in [0.2, 0.25) is 5.78 Å². The zero-order valence-corrected chi connectivity index (χ0v) is 19.1. The fourth-order valence-electron chi connectivity index (χ4n) is 4.53. The first-order valence-electron chi connectivity index (χ1n) is 11.7. The highest BCUT2D eigenvalue weighted by molar-refractivity contribution is 6.15. The maximum Gasteiger partial charge on any atom is 0.314 e. The Balaban J connectivity index is 1.52. The lowest BCUT2D eigenvalue weighted by Crippen LogP contribution is -2.23. The number of carbonyl (C=O) groups is 2. The molecule has 5 heteroatoms. The summed E-state index contributed by atoms with van der Waals surface area (Å²) in [5.41, 5.74) is 3.24. The molecule has 0 saturated heterocycles. The molecule has 1 saturated carbocycles. The highest BCUT2D eigenvalue weighted by Crippen LogP contribution is 2.40. The van der Waals surface area contributed by atoms with Crippen LogP contribution in [0.15, 0.2) is 42.2 Å². The van der Waals surface area contributed by atoms with Crippen molar-refractivity contribution < 1.29 is 19.1 Å². The van der Waals surface area contributed by atoms with E-state index >= 15 is 0 Å². The number of rotatable bonds is 6. The Hall–Kier alpha value is -3.08. The fourth-order valence-corrected chi connectivity index (χ4v) is 4.53. The van der Waals surface area contributed by atoms with Gasteiger partial charge in [0.25, 0.3) is 0 Å². The van der Waals surface area contributed by atoms with E-state index in [1.807, 2.05) is 19.1 Å². The molecule has 0 radical (unpaired) electrons. The van der Waals surface area contributed by atoms with Crippen LogP contribution < -0.4 is 14.4 Å². The molecule has 0 spiro atoms. The molecule has 2 aromatic rings. The molecule has 0 unspecified atom stereocenters. The number of esters is 1. The minimum atomic E-state index is -0.180. The molecule has 2 aromatic carbocycles. The van der Waals surface area contributed by atoms with Crippen molar-refractivity contribution in [1.82, 2.24) is 0 Å². The number of allylic oxidation sites excluding steroid dienone is 1. The molecule has 2 aliphatic rings. The van der Waals surface area contributed by atoms with E-state index in [2.05, 4.69) is 30.9 Å². The number of ketones is 1. The van der Waals surface area contributed by atoms with Crippen LogP contribution in [0.1, 0.15) is 67.4 Å². The van der Waals surface area contributed by atoms with Gasteiger partial charge in [-0.15, -0.1) is 0 Å². The van der Waals surface area contributed by atoms with Crippen LogP contribution in [-0.2, 0) is 4.79 Å². The Bertz CT molecular complexity index is 1030. The van der Waals surface area contributed by atoms with Crippen molar-refractivity contribution in [2.75, 3.05) is 18.0 Å². The smallest absolute Gasteiger partial charge is 0.314 e. The van der Waals surface area contributed by atoms with Crippen LogP contribution in [0.3, 0.4) is 0 Å². The molecule has 0 N–H and O–H groups in total. The van der Waals surface area contributed by atoms with Gasteiger partial charge in [0.15, 0.2) is 5.76 Å². The van der Waals surface area contributed by atoms with Crippen molar-refractivity contribution >= 4 is 23.5 Å². The van der Waals surface area contributed by atoms with Gasteiger partial charge in [0, 0.05) is 24.3 Å². The van der Waals surface area contributed by atoms with E-state index in [0.29, 0.717) is 22.6 Å². The first-order valence-corrected chi connectivity index (χ1v) is 11.7. The fraction of sp³-hybridized carbons (Fsp3) is 0.407. The number of hydrogen-bond acceptors (Lipinski definition) is 5. The van der Waals surface area contributed by atoms with Crippen LogP contribution in [0, 0.1) is 12.8 Å². The molecule has 1 aliphatic carbocycles. The Morgan fingerprint density at radius 3 is 2.41 bits per heavy atom. The van der Waals surface area contributed by atoms with Gasteiger partial charge in [-0.25, -0.2) is 0 Å². The SMILES string of the molecule is CCN(CC)c1ccc(/C=C2\Oc3c(ccc(OC(=O)C4CCCCC4)c3C)C2=O)cc1. The Morgan fingerprint density at radius 2 is 1.75 bits per heavy atom. The summed E-state index contributed by atoms with van der Waals surface area (Å²) in [4.78, 5) is 27.7. The Morgan fingerprint density at radius 1 is 1.06 bits per heavy atom. The van der Waals surface area contributed by atoms with Gasteiger partial charge in [-0.1, -0.05) is 31.4 Å². The van der Waals surface area contributed by atoms with E-state index in [-0.39, 0.29) is 23.4 Å². The van der Waals surface area contributed by atoms with Crippen molar-refractivity contribution in [2.24, 2.45) is 5.92 Å². The maximum absolute atomic E-state index is 12.9. The number of anilines is 1. The normalized spacial score (nSPS) is 17.2. The predicted molar refractivity (Wildman–Crippen MR) is 126 cm³/mol. The zero-order chi connectivity index (χ0) is 22.7. The number of hydrogen-bond donors (Lipinski definition) is 0. The molecule has 168 valence electrons. The average molecular weight is 434 g/mol. The van der Waals surface area contributed by atoms with Gasteiger partial charge >= 0.3 is 5.97 Å². The lowest BCUT2D eigenvalue weighted by Gasteiger charge is -2.20. The molecule has 1 fully saturated rings. The summed E-state index contributed by atoms with van der Waals surface area (Å²) in [5, 5.41) is 0. The summed E-state index contributed by atoms with van der Waals surface area (Å²) in [5.74, 6) is 0.872. The van der Waals surface area contributed by atoms with E-state index in [1.54, 1.807) is 18.2 Å². The summed E-state index contributed by atoms with van der Waals surface area (Å²) >= 11 is 0. The van der Waals surface area contributed by atoms with E-state index in [0.717, 1.165) is 50.0 Å². The van der Waals surface area contributed by atoms with Crippen molar-refractivity contribution in [3.05, 3.63) is 58.8 Å². The van der Waals surface area contributed by atoms with Gasteiger partial charge in [-0.2, -0.15) is 0 Å². The minimum absolute atomic E-state index is 0.0336. The second-order valence-corrected chi connectivity index (χ2v) is 8.53. The molecule has 1 aliphatic heterocycles. The quantitative estimate of drug-likeness (QED) is 0.320. The third kappa shape index (κ3) is 4.43. The van der Waals surface area contributed by atoms with Gasteiger partial charge in [-0.3, -0.25) is 9.59 Å². The van der Waals surface area contributed by atoms with Crippen molar-refractivity contribution in [2.45, 2.75) is 52.9 Å². The van der Waals surface area contributed by atoms with E-state index in [1.165, 1.54) is 6.42 Å². The lowest BCUT2D eigenvalue weighted by atomic mass is 9.89. The Labute approximate surface area is 190 Å². The average Bonchev–Trinajstić information content (AvgIpc) is 3.14. The standard InChI is InChI=1S/C27H31NO4/c1-4-28(5-2)21-13-11-19(12-14-21)17-24-25(29)22-15-16-23(18(3)26(22)31-24)32-27(30)20-9-7-6-8-10-20/h11-17,20H,4-10H2,1-3H3/b24-17-. The molecule has 4 rings (SSSR count). The third-order valence-electron chi connectivity index (χ3n) is 6.51. The second-order valence-electron chi connectivity index (χ2n) is 8.53. The first kappa shape index (κ1) is 22.1. The maximum atomic E-state index is 12.9. The summed E-state index contributed by atoms with van der Waals surface area (Å²) in [6.07, 6.45) is 6.87. The number of benzene rings is 2. The van der Waals surface area contributed by atoms with Gasteiger partial charge in [-0.05, 0) is 69.5 Å². The first-order chi connectivity index (χ1) is 15.5. The number of ether oxygens (including phenoxy) is 2. The second kappa shape index (κ2) is 9.60. The van der Waals surface area contributed by atoms with Gasteiger partial charge < -0.3 is 14.4 Å². The van der Waals surface area contributed by atoms with Crippen molar-refractivity contribution in [3.63, 3.8) is 0 Å². The largest absolute Gasteiger partial charge is 0.452 e. The topological polar surface area (TPSA) is 55.8 Å². The summed E-state index contributed by atoms with van der Waals surface area (Å²) in [6, 6.07) is 11.5. The number of nitrogens with zero attached hydrogens (tertiary/aromatic N) is 1. The minimum Gasteiger partial charge on any atom is -0.452 e. The van der Waals surface area contributed by atoms with Crippen LogP contribution in [0.2, 0.25) is 0 Å². The predicted octanol–water partition coefficient (Wildman–Crippen LogP) is 5.94. The van der Waals surface area contributed by atoms with Crippen molar-refractivity contribution in [3.8, 4) is 11.5 Å². The molecule has 1 heterocycles. The zero-order valence-electron chi connectivity index (χ0n) is 19.1. The van der Waals surface area contributed by atoms with E-state index in [4.69, 9.17) is 9.47 Å². The molecule has 0 amide bonds. The third-order valence-corrected chi connectivity index (χ3v) is 6.51. The van der Waals surface area contributed by atoms with Crippen LogP contribution >= 0.6 is 0 Å². The number of carbonyl (C=O) groups excluding carboxylic acids is 2. The van der Waals surface area contributed by atoms with Gasteiger partial charge in [0.1, 0.15) is 11.5 Å². The molecule has 32 heavy (non-hydrogen) atoms. The van der Waals surface area contributed by atoms with E-state index < -0.39 is 0 Å². The molecular weight excluding hydrogens is 402 g/mol. The highest BCUT2D eigenvalue weighted by Gasteiger charge is 2.31. The highest BCUT2D eigenvalue weighted by atomic mass is 16.5. The molecule has 5 nitrogen and oxygen atoms in total. The number of fused-ring (bicyclic) bond motifs is 1. The molecular formula is C27H31NO4. The van der Waals surface area contributed by atoms with Crippen molar-refractivity contribution in [1.29, 1.82) is 0 Å². The van der Waals surface area contributed by atoms with Crippen LogP contribution in [0.25, 0.3) is 6.08 Å². The van der Waals surface area contributed by atoms with Crippen LogP contribution in [0.4, 0.5) is 5.69 Å². The summed E-state index contributed by atoms with van der Waals surface area (Å²) < 4.78 is 11.7. The molecule has 0 bridgehead atoms. The van der Waals surface area contributed by atoms with Crippen LogP contribution in [0.5, 0.6) is 11.5 Å². The Kier molecular flexibility index (Phi) is 6.63. The monoisotopic (exact) mass is 433 g/mol. The molecule has 0 aromatic heterocycles. The van der Waals surface area contributed by atoms with Gasteiger partial charge in [0.05, 0.1) is 11.5 Å². The molecule has 0 atom stereocenters. The summed E-state index contributed by atoms with van der Waals surface area (Å²) in [6.45, 7) is 7.98. The summed E-state index contributed by atoms with van der Waals surface area (Å²) in [7, 11) is 0.